The van der Waals surface area contributed by atoms with Crippen LogP contribution in [0.1, 0.15) is 118 Å². The van der Waals surface area contributed by atoms with Crippen molar-refractivity contribution in [1.82, 2.24) is 4.98 Å². The molecule has 198 valence electrons. The van der Waals surface area contributed by atoms with E-state index in [1.54, 1.807) is 0 Å². The normalized spacial score (nSPS) is 26.4. The predicted molar refractivity (Wildman–Crippen MR) is 129 cm³/mol. The summed E-state index contributed by atoms with van der Waals surface area (Å²) >= 11 is 0. The zero-order valence-electron chi connectivity index (χ0n) is 20.4. The first-order valence-electron chi connectivity index (χ1n) is 12.2. The summed E-state index contributed by atoms with van der Waals surface area (Å²) < 4.78 is 52.1. The summed E-state index contributed by atoms with van der Waals surface area (Å²) in [5.41, 5.74) is 2.08. The second kappa shape index (κ2) is 9.08. The summed E-state index contributed by atoms with van der Waals surface area (Å²) in [5.74, 6) is -0.0287. The number of halogens is 3. The van der Waals surface area contributed by atoms with Crippen LogP contribution < -0.4 is 0 Å². The van der Waals surface area contributed by atoms with Crippen LogP contribution in [-0.4, -0.2) is 28.4 Å². The topological polar surface area (TPSA) is 71.8 Å². The van der Waals surface area contributed by atoms with Crippen LogP contribution in [0, 0.1) is 5.41 Å². The van der Waals surface area contributed by atoms with Crippen LogP contribution in [0.4, 0.5) is 13.2 Å². The zero-order chi connectivity index (χ0) is 25.3. The molecule has 1 saturated heterocycles. The molecular formula is C28H36F3NO4. The molecule has 2 N–H and O–H groups in total. The summed E-state index contributed by atoms with van der Waals surface area (Å²) in [6.45, 7) is 8.78. The van der Waals surface area contributed by atoms with Gasteiger partial charge >= 0.3 is 6.18 Å². The lowest BCUT2D eigenvalue weighted by Gasteiger charge is -2.42. The van der Waals surface area contributed by atoms with Gasteiger partial charge in [0.2, 0.25) is 0 Å². The van der Waals surface area contributed by atoms with Crippen molar-refractivity contribution < 1.29 is 32.9 Å². The summed E-state index contributed by atoms with van der Waals surface area (Å²) in [5, 5.41) is 22.6. The third-order valence-electron chi connectivity index (χ3n) is 7.83. The molecule has 0 radical (unpaired) electrons. The molecule has 1 aliphatic carbocycles. The molecule has 5 nitrogen and oxygen atoms in total. The molecule has 1 aromatic carbocycles. The van der Waals surface area contributed by atoms with Crippen LogP contribution >= 0.6 is 0 Å². The van der Waals surface area contributed by atoms with Crippen LogP contribution in [0.2, 0.25) is 0 Å². The number of ether oxygens (including phenoxy) is 2. The number of nitrogens with zero attached hydrogens (tertiary/aromatic N) is 1. The SMILES string of the molecule is C.CC(C)c1nc2c(c3c1[C@@H](c1ccc(C(F)(F)F)cc1)OC31CCOCC1)[C@@H](O)CC(C)(C)[C@H]2O. The van der Waals surface area contributed by atoms with Gasteiger partial charge in [-0.15, -0.1) is 0 Å². The van der Waals surface area contributed by atoms with Crippen LogP contribution in [0.3, 0.4) is 0 Å². The van der Waals surface area contributed by atoms with Gasteiger partial charge in [-0.3, -0.25) is 4.98 Å². The van der Waals surface area contributed by atoms with Gasteiger partial charge in [0.05, 0.1) is 23.0 Å². The van der Waals surface area contributed by atoms with Crippen molar-refractivity contribution in [3.8, 4) is 0 Å². The van der Waals surface area contributed by atoms with Crippen LogP contribution in [0.5, 0.6) is 0 Å². The van der Waals surface area contributed by atoms with Crippen molar-refractivity contribution in [2.24, 2.45) is 5.41 Å². The third kappa shape index (κ3) is 4.16. The molecule has 2 aromatic rings. The number of hydrogen-bond acceptors (Lipinski definition) is 5. The highest BCUT2D eigenvalue weighted by molar-refractivity contribution is 5.55. The van der Waals surface area contributed by atoms with Gasteiger partial charge in [-0.1, -0.05) is 47.3 Å². The Balaban J connectivity index is 0.00000304. The van der Waals surface area contributed by atoms with E-state index in [0.29, 0.717) is 49.3 Å². The maximum absolute atomic E-state index is 13.2. The molecule has 3 aliphatic rings. The average Bonchev–Trinajstić information content (AvgIpc) is 3.10. The maximum Gasteiger partial charge on any atom is 0.416 e. The average molecular weight is 508 g/mol. The van der Waals surface area contributed by atoms with E-state index in [9.17, 15) is 23.4 Å². The van der Waals surface area contributed by atoms with Crippen molar-refractivity contribution in [3.63, 3.8) is 0 Å². The van der Waals surface area contributed by atoms with Gasteiger partial charge in [0.25, 0.3) is 0 Å². The first kappa shape index (κ1) is 27.0. The van der Waals surface area contributed by atoms with E-state index in [1.165, 1.54) is 12.1 Å². The van der Waals surface area contributed by atoms with Crippen LogP contribution in [0.25, 0.3) is 0 Å². The van der Waals surface area contributed by atoms with Crippen LogP contribution in [-0.2, 0) is 21.3 Å². The Bertz CT molecular complexity index is 1120. The van der Waals surface area contributed by atoms with E-state index >= 15 is 0 Å². The number of rotatable bonds is 2. The van der Waals surface area contributed by atoms with Gasteiger partial charge in [-0.05, 0) is 41.0 Å². The smallest absolute Gasteiger partial charge is 0.388 e. The zero-order valence-corrected chi connectivity index (χ0v) is 20.4. The lowest BCUT2D eigenvalue weighted by molar-refractivity contribution is -0.137. The third-order valence-corrected chi connectivity index (χ3v) is 7.83. The van der Waals surface area contributed by atoms with Gasteiger partial charge in [0, 0.05) is 42.9 Å². The van der Waals surface area contributed by atoms with E-state index in [2.05, 4.69) is 0 Å². The first-order valence-corrected chi connectivity index (χ1v) is 12.2. The van der Waals surface area contributed by atoms with Crippen molar-refractivity contribution in [2.45, 2.75) is 90.4 Å². The van der Waals surface area contributed by atoms with E-state index in [-0.39, 0.29) is 13.3 Å². The minimum Gasteiger partial charge on any atom is -0.388 e. The maximum atomic E-state index is 13.2. The number of aliphatic hydroxyl groups is 2. The van der Waals surface area contributed by atoms with E-state index < -0.39 is 41.1 Å². The van der Waals surface area contributed by atoms with E-state index in [4.69, 9.17) is 14.5 Å². The molecule has 0 saturated carbocycles. The Labute approximate surface area is 210 Å². The molecule has 3 atom stereocenters. The molecule has 5 rings (SSSR count). The Morgan fingerprint density at radius 1 is 1.03 bits per heavy atom. The number of pyridine rings is 1. The Morgan fingerprint density at radius 2 is 1.64 bits per heavy atom. The summed E-state index contributed by atoms with van der Waals surface area (Å²) in [6, 6.07) is 5.09. The molecular weight excluding hydrogens is 471 g/mol. The fraction of sp³-hybridized carbons (Fsp3) is 0.607. The molecule has 3 heterocycles. The molecule has 8 heteroatoms. The summed E-state index contributed by atoms with van der Waals surface area (Å²) in [6.07, 6.45) is -5.26. The number of hydrogen-bond donors (Lipinski definition) is 2. The highest BCUT2D eigenvalue weighted by Crippen LogP contribution is 2.59. The van der Waals surface area contributed by atoms with Crippen LogP contribution in [0.15, 0.2) is 24.3 Å². The van der Waals surface area contributed by atoms with Crippen molar-refractivity contribution in [3.05, 3.63) is 63.5 Å². The first-order chi connectivity index (χ1) is 16.4. The second-order valence-electron chi connectivity index (χ2n) is 11.1. The molecule has 1 fully saturated rings. The molecule has 1 spiro atoms. The molecule has 0 amide bonds. The Hall–Kier alpha value is -2.00. The number of benzene rings is 1. The fourth-order valence-electron chi connectivity index (χ4n) is 5.97. The van der Waals surface area contributed by atoms with E-state index in [1.807, 2.05) is 27.7 Å². The number of aromatic nitrogens is 1. The summed E-state index contributed by atoms with van der Waals surface area (Å²) in [7, 11) is 0. The van der Waals surface area contributed by atoms with Gasteiger partial charge in [-0.25, -0.2) is 0 Å². The van der Waals surface area contributed by atoms with Gasteiger partial charge < -0.3 is 19.7 Å². The van der Waals surface area contributed by atoms with Gasteiger partial charge in [0.1, 0.15) is 12.2 Å². The minimum absolute atomic E-state index is 0. The van der Waals surface area contributed by atoms with E-state index in [0.717, 1.165) is 29.0 Å². The highest BCUT2D eigenvalue weighted by atomic mass is 19.4. The molecule has 0 unspecified atom stereocenters. The number of alkyl halides is 3. The molecule has 0 bridgehead atoms. The quantitative estimate of drug-likeness (QED) is 0.487. The largest absolute Gasteiger partial charge is 0.416 e. The molecule has 2 aliphatic heterocycles. The number of aliphatic hydroxyl groups excluding tert-OH is 2. The lowest BCUT2D eigenvalue weighted by Crippen LogP contribution is -2.38. The standard InChI is InChI=1S/C27H32F3NO4.CH4/c1-14(2)21-19-20(18-17(32)13-25(3,4)24(33)22(18)31-21)26(9-11-34-12-10-26)35-23(19)15-5-7-16(8-6-15)27(28,29)30;/h5-8,14,17,23-24,32-33H,9-13H2,1-4H3;1H4/t17-,23+,24-;/m0./s1. The van der Waals surface area contributed by atoms with Gasteiger partial charge in [-0.2, -0.15) is 13.2 Å². The Kier molecular flexibility index (Phi) is 6.82. The van der Waals surface area contributed by atoms with Gasteiger partial charge in [0.15, 0.2) is 0 Å². The lowest BCUT2D eigenvalue weighted by atomic mass is 9.68. The van der Waals surface area contributed by atoms with Crippen molar-refractivity contribution in [1.29, 1.82) is 0 Å². The Morgan fingerprint density at radius 3 is 2.19 bits per heavy atom. The fourth-order valence-corrected chi connectivity index (χ4v) is 5.97. The van der Waals surface area contributed by atoms with Crippen molar-refractivity contribution in [2.75, 3.05) is 13.2 Å². The molecule has 36 heavy (non-hydrogen) atoms. The molecule has 1 aromatic heterocycles. The number of fused-ring (bicyclic) bond motifs is 4. The monoisotopic (exact) mass is 507 g/mol. The predicted octanol–water partition coefficient (Wildman–Crippen LogP) is 6.48. The minimum atomic E-state index is -4.42. The summed E-state index contributed by atoms with van der Waals surface area (Å²) in [4.78, 5) is 4.92. The highest BCUT2D eigenvalue weighted by Gasteiger charge is 2.53. The second-order valence-corrected chi connectivity index (χ2v) is 11.1. The van der Waals surface area contributed by atoms with Crippen molar-refractivity contribution >= 4 is 0 Å².